The first kappa shape index (κ1) is 21.0. The summed E-state index contributed by atoms with van der Waals surface area (Å²) >= 11 is 8.91. The minimum Gasteiger partial charge on any atom is -0.493 e. The molecule has 0 spiro atoms. The fourth-order valence-corrected chi connectivity index (χ4v) is 3.60. The molecule has 3 aromatic carbocycles. The molecule has 0 fully saturated rings. The van der Waals surface area contributed by atoms with Gasteiger partial charge in [0.25, 0.3) is 0 Å². The molecule has 1 N–H and O–H groups in total. The number of nitrogens with zero attached hydrogens (tertiary/aromatic N) is 3. The first-order chi connectivity index (χ1) is 15.2. The Morgan fingerprint density at radius 3 is 2.61 bits per heavy atom. The van der Waals surface area contributed by atoms with Crippen LogP contribution in [0.4, 0.5) is 0 Å². The first-order valence-corrected chi connectivity index (χ1v) is 10.7. The number of H-pyrrole nitrogens is 1. The van der Waals surface area contributed by atoms with Crippen LogP contribution in [-0.2, 0) is 6.61 Å². The topological polar surface area (TPSA) is 64.4 Å². The maximum Gasteiger partial charge on any atom is 0.216 e. The van der Waals surface area contributed by atoms with E-state index < -0.39 is 0 Å². The molecule has 1 aromatic heterocycles. The molecule has 0 amide bonds. The van der Waals surface area contributed by atoms with E-state index in [1.165, 1.54) is 0 Å². The zero-order chi connectivity index (χ0) is 21.6. The number of hydrogen-bond donors (Lipinski definition) is 1. The average molecular weight is 495 g/mol. The SMILES string of the molecule is COc1ccc(/C=N/n2c(-c3ccccc3Br)n[nH]c2=S)cc1OCc1ccccc1. The largest absolute Gasteiger partial charge is 0.493 e. The van der Waals surface area contributed by atoms with Crippen molar-refractivity contribution in [3.8, 4) is 22.9 Å². The van der Waals surface area contributed by atoms with E-state index in [0.717, 1.165) is 21.2 Å². The number of hydrogen-bond acceptors (Lipinski definition) is 5. The molecule has 0 saturated heterocycles. The molecule has 0 aliphatic heterocycles. The minimum atomic E-state index is 0.399. The smallest absolute Gasteiger partial charge is 0.216 e. The molecule has 4 aromatic rings. The zero-order valence-electron chi connectivity index (χ0n) is 16.7. The van der Waals surface area contributed by atoms with E-state index in [0.29, 0.717) is 28.7 Å². The van der Waals surface area contributed by atoms with E-state index in [9.17, 15) is 0 Å². The summed E-state index contributed by atoms with van der Waals surface area (Å²) in [7, 11) is 1.62. The molecule has 0 atom stereocenters. The first-order valence-electron chi connectivity index (χ1n) is 9.47. The number of methoxy groups -OCH3 is 1. The summed E-state index contributed by atoms with van der Waals surface area (Å²) in [6.45, 7) is 0.441. The van der Waals surface area contributed by atoms with Crippen molar-refractivity contribution < 1.29 is 9.47 Å². The van der Waals surface area contributed by atoms with Gasteiger partial charge < -0.3 is 9.47 Å². The third kappa shape index (κ3) is 4.92. The number of aromatic amines is 1. The molecule has 31 heavy (non-hydrogen) atoms. The van der Waals surface area contributed by atoms with Gasteiger partial charge in [0.05, 0.1) is 13.3 Å². The standard InChI is InChI=1S/C23H19BrN4O2S/c1-29-20-12-11-17(13-21(20)30-15-16-7-3-2-4-8-16)14-25-28-22(26-27-23(28)31)18-9-5-6-10-19(18)24/h2-14H,15H2,1H3,(H,27,31)/b25-14+. The summed E-state index contributed by atoms with van der Waals surface area (Å²) in [5, 5.41) is 11.7. The van der Waals surface area contributed by atoms with Gasteiger partial charge in [0, 0.05) is 10.0 Å². The maximum atomic E-state index is 5.99. The second kappa shape index (κ2) is 9.72. The van der Waals surface area contributed by atoms with Crippen molar-refractivity contribution in [2.75, 3.05) is 7.11 Å². The third-order valence-corrected chi connectivity index (χ3v) is 5.47. The summed E-state index contributed by atoms with van der Waals surface area (Å²) in [6.07, 6.45) is 1.71. The number of ether oxygens (including phenoxy) is 2. The van der Waals surface area contributed by atoms with Crippen molar-refractivity contribution in [2.24, 2.45) is 5.10 Å². The minimum absolute atomic E-state index is 0.399. The summed E-state index contributed by atoms with van der Waals surface area (Å²) in [5.74, 6) is 1.90. The Hall–Kier alpha value is -3.23. The Balaban J connectivity index is 1.61. The van der Waals surface area contributed by atoms with Crippen LogP contribution >= 0.6 is 28.1 Å². The number of benzene rings is 3. The molecule has 0 bridgehead atoms. The lowest BCUT2D eigenvalue weighted by atomic mass is 10.2. The Morgan fingerprint density at radius 2 is 1.84 bits per heavy atom. The Labute approximate surface area is 193 Å². The average Bonchev–Trinajstić information content (AvgIpc) is 3.17. The fourth-order valence-electron chi connectivity index (χ4n) is 2.96. The Bertz CT molecular complexity index is 1270. The third-order valence-electron chi connectivity index (χ3n) is 4.51. The predicted octanol–water partition coefficient (Wildman–Crippen LogP) is 5.84. The molecular weight excluding hydrogens is 476 g/mol. The summed E-state index contributed by atoms with van der Waals surface area (Å²) in [5.41, 5.74) is 2.80. The number of aromatic nitrogens is 3. The summed E-state index contributed by atoms with van der Waals surface area (Å²) in [4.78, 5) is 0. The van der Waals surface area contributed by atoms with Crippen LogP contribution in [0, 0.1) is 4.77 Å². The van der Waals surface area contributed by atoms with Gasteiger partial charge in [-0.2, -0.15) is 14.9 Å². The highest BCUT2D eigenvalue weighted by molar-refractivity contribution is 9.10. The lowest BCUT2D eigenvalue weighted by molar-refractivity contribution is 0.284. The number of halogens is 1. The molecule has 8 heteroatoms. The van der Waals surface area contributed by atoms with Gasteiger partial charge in [0.2, 0.25) is 4.77 Å². The van der Waals surface area contributed by atoms with Gasteiger partial charge in [0.15, 0.2) is 17.3 Å². The van der Waals surface area contributed by atoms with Gasteiger partial charge in [-0.25, -0.2) is 5.10 Å². The molecule has 6 nitrogen and oxygen atoms in total. The van der Waals surface area contributed by atoms with Gasteiger partial charge in [0.1, 0.15) is 6.61 Å². The van der Waals surface area contributed by atoms with Crippen LogP contribution in [0.15, 0.2) is 82.4 Å². The van der Waals surface area contributed by atoms with E-state index in [-0.39, 0.29) is 0 Å². The van der Waals surface area contributed by atoms with Crippen LogP contribution in [0.25, 0.3) is 11.4 Å². The van der Waals surface area contributed by atoms with E-state index in [2.05, 4.69) is 31.2 Å². The quantitative estimate of drug-likeness (QED) is 0.259. The second-order valence-electron chi connectivity index (χ2n) is 6.57. The molecule has 0 aliphatic rings. The zero-order valence-corrected chi connectivity index (χ0v) is 19.1. The Morgan fingerprint density at radius 1 is 1.06 bits per heavy atom. The van der Waals surface area contributed by atoms with Crippen molar-refractivity contribution in [2.45, 2.75) is 6.61 Å². The van der Waals surface area contributed by atoms with Crippen molar-refractivity contribution in [3.05, 3.63) is 93.2 Å². The van der Waals surface area contributed by atoms with Gasteiger partial charge in [-0.15, -0.1) is 0 Å². The van der Waals surface area contributed by atoms with Crippen molar-refractivity contribution in [3.63, 3.8) is 0 Å². The van der Waals surface area contributed by atoms with E-state index in [1.807, 2.05) is 72.8 Å². The lowest BCUT2D eigenvalue weighted by Gasteiger charge is -2.11. The monoisotopic (exact) mass is 494 g/mol. The van der Waals surface area contributed by atoms with Gasteiger partial charge in [-0.05, 0) is 53.7 Å². The highest BCUT2D eigenvalue weighted by atomic mass is 79.9. The number of rotatable bonds is 7. The van der Waals surface area contributed by atoms with Crippen LogP contribution in [0.1, 0.15) is 11.1 Å². The Kier molecular flexibility index (Phi) is 6.59. The van der Waals surface area contributed by atoms with Gasteiger partial charge >= 0.3 is 0 Å². The molecule has 0 radical (unpaired) electrons. The van der Waals surface area contributed by atoms with Crippen LogP contribution in [0.2, 0.25) is 0 Å². The molecule has 0 aliphatic carbocycles. The van der Waals surface area contributed by atoms with Gasteiger partial charge in [-0.1, -0.05) is 58.4 Å². The maximum absolute atomic E-state index is 5.99. The lowest BCUT2D eigenvalue weighted by Crippen LogP contribution is -1.99. The van der Waals surface area contributed by atoms with Crippen LogP contribution < -0.4 is 9.47 Å². The van der Waals surface area contributed by atoms with E-state index in [4.69, 9.17) is 21.7 Å². The van der Waals surface area contributed by atoms with Gasteiger partial charge in [-0.3, -0.25) is 0 Å². The fraction of sp³-hybridized carbons (Fsp3) is 0.0870. The van der Waals surface area contributed by atoms with Crippen LogP contribution in [0.3, 0.4) is 0 Å². The normalized spacial score (nSPS) is 11.0. The van der Waals surface area contributed by atoms with Crippen molar-refractivity contribution in [1.29, 1.82) is 0 Å². The van der Waals surface area contributed by atoms with Crippen molar-refractivity contribution in [1.82, 2.24) is 14.9 Å². The highest BCUT2D eigenvalue weighted by Gasteiger charge is 2.11. The second-order valence-corrected chi connectivity index (χ2v) is 7.81. The number of nitrogens with one attached hydrogen (secondary N) is 1. The molecule has 1 heterocycles. The molecular formula is C23H19BrN4O2S. The van der Waals surface area contributed by atoms with Crippen molar-refractivity contribution >= 4 is 34.4 Å². The summed E-state index contributed by atoms with van der Waals surface area (Å²) < 4.78 is 14.3. The molecule has 156 valence electrons. The molecule has 0 saturated carbocycles. The van der Waals surface area contributed by atoms with Crippen LogP contribution in [-0.4, -0.2) is 28.2 Å². The molecule has 4 rings (SSSR count). The van der Waals surface area contributed by atoms with Crippen LogP contribution in [0.5, 0.6) is 11.5 Å². The summed E-state index contributed by atoms with van der Waals surface area (Å²) in [6, 6.07) is 23.4. The molecule has 0 unspecified atom stereocenters. The van der Waals surface area contributed by atoms with E-state index >= 15 is 0 Å². The highest BCUT2D eigenvalue weighted by Crippen LogP contribution is 2.29. The predicted molar refractivity (Wildman–Crippen MR) is 127 cm³/mol. The van der Waals surface area contributed by atoms with E-state index in [1.54, 1.807) is 18.0 Å².